The van der Waals surface area contributed by atoms with E-state index in [1.54, 1.807) is 0 Å². The van der Waals surface area contributed by atoms with Crippen molar-refractivity contribution in [1.82, 2.24) is 0 Å². The van der Waals surface area contributed by atoms with Crippen molar-refractivity contribution in [1.29, 1.82) is 0 Å². The van der Waals surface area contributed by atoms with Gasteiger partial charge in [0, 0.05) is 12.8 Å². The van der Waals surface area contributed by atoms with Crippen molar-refractivity contribution in [3.8, 4) is 0 Å². The Morgan fingerprint density at radius 3 is 1.70 bits per heavy atom. The lowest BCUT2D eigenvalue weighted by Gasteiger charge is -2.33. The Bertz CT molecular complexity index is 135. The molecule has 0 spiro atoms. The van der Waals surface area contributed by atoms with Crippen LogP contribution < -0.4 is 0 Å². The first-order chi connectivity index (χ1) is 4.88. The van der Waals surface area contributed by atoms with Crippen LogP contribution in [0.1, 0.15) is 12.8 Å². The van der Waals surface area contributed by atoms with E-state index in [4.69, 9.17) is 9.47 Å². The molecule has 4 heteroatoms. The van der Waals surface area contributed by atoms with Gasteiger partial charge in [-0.2, -0.15) is 0 Å². The van der Waals surface area contributed by atoms with Gasteiger partial charge in [-0.1, -0.05) is 0 Å². The standard InChI is InChI=1S/C6H10O3S/c7-10(5-1-3-8-5)6-2-4-9-6/h5-6H,1-4H2. The van der Waals surface area contributed by atoms with Gasteiger partial charge in [0.2, 0.25) is 0 Å². The van der Waals surface area contributed by atoms with Crippen molar-refractivity contribution in [2.45, 2.75) is 23.7 Å². The highest BCUT2D eigenvalue weighted by Crippen LogP contribution is 2.24. The molecular formula is C6H10O3S. The van der Waals surface area contributed by atoms with Gasteiger partial charge in [-0.25, -0.2) is 0 Å². The van der Waals surface area contributed by atoms with Crippen LogP contribution in [0, 0.1) is 0 Å². The van der Waals surface area contributed by atoms with Gasteiger partial charge in [-0.15, -0.1) is 0 Å². The molecule has 2 aliphatic rings. The Morgan fingerprint density at radius 2 is 1.50 bits per heavy atom. The van der Waals surface area contributed by atoms with E-state index in [-0.39, 0.29) is 10.9 Å². The average Bonchev–Trinajstić information content (AvgIpc) is 1.52. The molecule has 0 saturated carbocycles. The SMILES string of the molecule is O=S(C1CCO1)C1CCO1. The molecule has 0 aromatic heterocycles. The molecule has 2 unspecified atom stereocenters. The summed E-state index contributed by atoms with van der Waals surface area (Å²) in [5, 5.41) is 0. The summed E-state index contributed by atoms with van der Waals surface area (Å²) in [5.74, 6) is 0. The quantitative estimate of drug-likeness (QED) is 0.583. The Balaban J connectivity index is 1.84. The van der Waals surface area contributed by atoms with Gasteiger partial charge >= 0.3 is 0 Å². The lowest BCUT2D eigenvalue weighted by atomic mass is 10.4. The molecule has 0 aromatic rings. The summed E-state index contributed by atoms with van der Waals surface area (Å²) in [6, 6.07) is 0. The molecule has 2 heterocycles. The van der Waals surface area contributed by atoms with Gasteiger partial charge in [-0.05, 0) is 0 Å². The van der Waals surface area contributed by atoms with Crippen molar-refractivity contribution in [3.63, 3.8) is 0 Å². The third-order valence-electron chi connectivity index (χ3n) is 1.83. The molecule has 3 nitrogen and oxygen atoms in total. The van der Waals surface area contributed by atoms with Crippen molar-refractivity contribution in [2.24, 2.45) is 0 Å². The Morgan fingerprint density at radius 1 is 1.10 bits per heavy atom. The highest BCUT2D eigenvalue weighted by Gasteiger charge is 2.34. The lowest BCUT2D eigenvalue weighted by molar-refractivity contribution is -0.0184. The number of ether oxygens (including phenoxy) is 2. The zero-order chi connectivity index (χ0) is 6.97. The predicted octanol–water partition coefficient (Wildman–Crippen LogP) is 0.228. The second kappa shape index (κ2) is 2.60. The highest BCUT2D eigenvalue weighted by molar-refractivity contribution is 7.86. The van der Waals surface area contributed by atoms with Crippen LogP contribution in [0.15, 0.2) is 0 Å². The van der Waals surface area contributed by atoms with Crippen LogP contribution in [0.5, 0.6) is 0 Å². The Kier molecular flexibility index (Phi) is 1.76. The molecule has 0 bridgehead atoms. The second-order valence-electron chi connectivity index (χ2n) is 2.51. The van der Waals surface area contributed by atoms with E-state index in [9.17, 15) is 4.21 Å². The van der Waals surface area contributed by atoms with E-state index in [1.165, 1.54) is 0 Å². The van der Waals surface area contributed by atoms with Crippen LogP contribution in [-0.2, 0) is 20.3 Å². The maximum absolute atomic E-state index is 11.3. The normalized spacial score (nSPS) is 41.6. The topological polar surface area (TPSA) is 35.5 Å². The minimum atomic E-state index is -0.880. The first-order valence-electron chi connectivity index (χ1n) is 3.50. The van der Waals surface area contributed by atoms with Crippen molar-refractivity contribution < 1.29 is 13.7 Å². The molecule has 0 N–H and O–H groups in total. The average molecular weight is 162 g/mol. The van der Waals surface area contributed by atoms with Gasteiger partial charge < -0.3 is 9.47 Å². The lowest BCUT2D eigenvalue weighted by Crippen LogP contribution is -2.42. The first-order valence-corrected chi connectivity index (χ1v) is 4.78. The summed E-state index contributed by atoms with van der Waals surface area (Å²) in [5.41, 5.74) is -0.0457. The Hall–Kier alpha value is 0.0700. The molecule has 58 valence electrons. The molecule has 2 saturated heterocycles. The number of hydrogen-bond acceptors (Lipinski definition) is 3. The molecule has 0 aliphatic carbocycles. The molecule has 2 aliphatic heterocycles. The van der Waals surface area contributed by atoms with Crippen LogP contribution in [-0.4, -0.2) is 28.3 Å². The van der Waals surface area contributed by atoms with Crippen LogP contribution in [0.4, 0.5) is 0 Å². The Labute approximate surface area is 62.2 Å². The van der Waals surface area contributed by atoms with Crippen LogP contribution in [0.25, 0.3) is 0 Å². The van der Waals surface area contributed by atoms with Gasteiger partial charge in [-0.3, -0.25) is 4.21 Å². The summed E-state index contributed by atoms with van der Waals surface area (Å²) in [7, 11) is -0.880. The van der Waals surface area contributed by atoms with Crippen LogP contribution >= 0.6 is 0 Å². The summed E-state index contributed by atoms with van der Waals surface area (Å²) in [6.45, 7) is 1.53. The third-order valence-corrected chi connectivity index (χ3v) is 3.61. The van der Waals surface area contributed by atoms with Gasteiger partial charge in [0.25, 0.3) is 0 Å². The smallest absolute Gasteiger partial charge is 0.137 e. The highest BCUT2D eigenvalue weighted by atomic mass is 32.2. The van der Waals surface area contributed by atoms with Crippen LogP contribution in [0.2, 0.25) is 0 Å². The number of rotatable bonds is 2. The fourth-order valence-corrected chi connectivity index (χ4v) is 2.42. The minimum absolute atomic E-state index is 0.0229. The van der Waals surface area contributed by atoms with Crippen molar-refractivity contribution in [3.05, 3.63) is 0 Å². The molecule has 0 radical (unpaired) electrons. The minimum Gasteiger partial charge on any atom is -0.365 e. The van der Waals surface area contributed by atoms with Gasteiger partial charge in [0.05, 0.1) is 24.0 Å². The number of hydrogen-bond donors (Lipinski definition) is 0. The van der Waals surface area contributed by atoms with E-state index >= 15 is 0 Å². The summed E-state index contributed by atoms with van der Waals surface area (Å²) >= 11 is 0. The summed E-state index contributed by atoms with van der Waals surface area (Å²) in [4.78, 5) is 0. The van der Waals surface area contributed by atoms with E-state index in [1.807, 2.05) is 0 Å². The molecular weight excluding hydrogens is 152 g/mol. The van der Waals surface area contributed by atoms with Crippen molar-refractivity contribution >= 4 is 10.8 Å². The largest absolute Gasteiger partial charge is 0.365 e. The molecule has 2 rings (SSSR count). The molecule has 0 amide bonds. The fraction of sp³-hybridized carbons (Fsp3) is 1.00. The zero-order valence-corrected chi connectivity index (χ0v) is 6.43. The molecule has 0 aromatic carbocycles. The van der Waals surface area contributed by atoms with Crippen molar-refractivity contribution in [2.75, 3.05) is 13.2 Å². The third kappa shape index (κ3) is 1.00. The van der Waals surface area contributed by atoms with E-state index < -0.39 is 10.8 Å². The second-order valence-corrected chi connectivity index (χ2v) is 4.22. The molecule has 2 atom stereocenters. The first kappa shape index (κ1) is 6.76. The van der Waals surface area contributed by atoms with Crippen LogP contribution in [0.3, 0.4) is 0 Å². The zero-order valence-electron chi connectivity index (χ0n) is 5.62. The van der Waals surface area contributed by atoms with E-state index in [0.717, 1.165) is 26.1 Å². The predicted molar refractivity (Wildman–Crippen MR) is 36.9 cm³/mol. The van der Waals surface area contributed by atoms with Gasteiger partial charge in [0.15, 0.2) is 0 Å². The van der Waals surface area contributed by atoms with E-state index in [0.29, 0.717) is 0 Å². The fourth-order valence-electron chi connectivity index (χ4n) is 0.964. The molecule has 2 fully saturated rings. The maximum atomic E-state index is 11.3. The maximum Gasteiger partial charge on any atom is 0.137 e. The monoisotopic (exact) mass is 162 g/mol. The molecule has 10 heavy (non-hydrogen) atoms. The summed E-state index contributed by atoms with van der Waals surface area (Å²) < 4.78 is 21.4. The van der Waals surface area contributed by atoms with Gasteiger partial charge in [0.1, 0.15) is 10.9 Å². The summed E-state index contributed by atoms with van der Waals surface area (Å²) in [6.07, 6.45) is 1.87. The van der Waals surface area contributed by atoms with E-state index in [2.05, 4.69) is 0 Å².